The zero-order valence-electron chi connectivity index (χ0n) is 33.9. The first-order valence-electron chi connectivity index (χ1n) is 19.5. The number of benzene rings is 3. The number of alkyl halides is 17. The van der Waals surface area contributed by atoms with E-state index in [0.717, 1.165) is 22.8 Å². The van der Waals surface area contributed by atoms with Gasteiger partial charge in [0.25, 0.3) is 0 Å². The summed E-state index contributed by atoms with van der Waals surface area (Å²) in [5, 5.41) is 11.5. The minimum Gasteiger partial charge on any atom is -0.385 e. The minimum atomic E-state index is -8.68. The van der Waals surface area contributed by atoms with Gasteiger partial charge < -0.3 is 33.5 Å². The number of aliphatic hydroxyl groups excluding tert-OH is 1. The van der Waals surface area contributed by atoms with Crippen LogP contribution in [-0.4, -0.2) is 110 Å². The molecule has 4 rings (SSSR count). The van der Waals surface area contributed by atoms with Crippen molar-refractivity contribution in [1.29, 1.82) is 0 Å². The molecule has 1 heterocycles. The molecule has 3 aromatic carbocycles. The summed E-state index contributed by atoms with van der Waals surface area (Å²) in [5.41, 5.74) is 2.37. The van der Waals surface area contributed by atoms with Crippen LogP contribution < -0.4 is 0 Å². The molecular formula is C42H41F17O7. The van der Waals surface area contributed by atoms with Crippen LogP contribution in [0.3, 0.4) is 0 Å². The Kier molecular flexibility index (Phi) is 18.1. The first-order chi connectivity index (χ1) is 30.6. The molecule has 1 aliphatic rings. The van der Waals surface area contributed by atoms with Gasteiger partial charge in [0, 0.05) is 13.0 Å². The van der Waals surface area contributed by atoms with Crippen LogP contribution in [-0.2, 0) is 48.2 Å². The summed E-state index contributed by atoms with van der Waals surface area (Å²) in [6.45, 7) is -1.81. The first kappa shape index (κ1) is 54.5. The topological polar surface area (TPSA) is 75.6 Å². The molecule has 0 radical (unpaired) electrons. The van der Waals surface area contributed by atoms with E-state index >= 15 is 0 Å². The van der Waals surface area contributed by atoms with E-state index < -0.39 is 104 Å². The summed E-state index contributed by atoms with van der Waals surface area (Å²) in [6, 6.07) is 27.0. The Bertz CT molecular complexity index is 1940. The minimum absolute atomic E-state index is 0.0233. The molecule has 0 bridgehead atoms. The number of ether oxygens (including phenoxy) is 6. The van der Waals surface area contributed by atoms with Crippen molar-refractivity contribution in [1.82, 2.24) is 0 Å². The average Bonchev–Trinajstić information content (AvgIpc) is 3.25. The Morgan fingerprint density at radius 3 is 1.39 bits per heavy atom. The maximum atomic E-state index is 14.2. The fourth-order valence-electron chi connectivity index (χ4n) is 6.15. The average molecular weight is 981 g/mol. The summed E-state index contributed by atoms with van der Waals surface area (Å²) in [5.74, 6) is -56.7. The molecule has 1 N–H and O–H groups in total. The van der Waals surface area contributed by atoms with Crippen molar-refractivity contribution < 1.29 is 108 Å². The highest BCUT2D eigenvalue weighted by atomic mass is 19.4. The normalized spacial score (nSPS) is 20.8. The lowest BCUT2D eigenvalue weighted by atomic mass is 9.88. The van der Waals surface area contributed by atoms with E-state index in [4.69, 9.17) is 28.4 Å². The molecule has 1 aliphatic heterocycles. The molecule has 1 saturated heterocycles. The van der Waals surface area contributed by atoms with Gasteiger partial charge in [-0.3, -0.25) is 0 Å². The highest BCUT2D eigenvalue weighted by Crippen LogP contribution is 2.64. The van der Waals surface area contributed by atoms with Gasteiger partial charge in [-0.1, -0.05) is 103 Å². The monoisotopic (exact) mass is 980 g/mol. The van der Waals surface area contributed by atoms with Crippen molar-refractivity contribution in [2.45, 2.75) is 111 Å². The second-order valence-corrected chi connectivity index (χ2v) is 14.7. The highest BCUT2D eigenvalue weighted by molar-refractivity contribution is 5.17. The molecule has 0 unspecified atom stereocenters. The zero-order valence-corrected chi connectivity index (χ0v) is 33.9. The van der Waals surface area contributed by atoms with E-state index in [1.807, 2.05) is 48.5 Å². The van der Waals surface area contributed by atoms with Gasteiger partial charge in [0.05, 0.1) is 39.6 Å². The van der Waals surface area contributed by atoms with E-state index in [-0.39, 0.29) is 33.0 Å². The number of halogens is 17. The fraction of sp³-hybridized carbons (Fsp3) is 0.524. The van der Waals surface area contributed by atoms with Crippen molar-refractivity contribution in [2.75, 3.05) is 26.4 Å². The van der Waals surface area contributed by atoms with Gasteiger partial charge in [0.1, 0.15) is 24.4 Å². The van der Waals surface area contributed by atoms with Crippen LogP contribution in [0, 0.1) is 0 Å². The van der Waals surface area contributed by atoms with Crippen molar-refractivity contribution >= 4 is 0 Å². The lowest BCUT2D eigenvalue weighted by molar-refractivity contribution is -0.461. The lowest BCUT2D eigenvalue weighted by Crippen LogP contribution is -2.74. The van der Waals surface area contributed by atoms with E-state index in [2.05, 4.69) is 0 Å². The second kappa shape index (κ2) is 21.9. The number of aliphatic hydroxyl groups is 1. The molecule has 66 heavy (non-hydrogen) atoms. The summed E-state index contributed by atoms with van der Waals surface area (Å²) >= 11 is 0. The molecule has 3 aromatic rings. The lowest BCUT2D eigenvalue weighted by Gasteiger charge is -2.44. The maximum absolute atomic E-state index is 14.2. The van der Waals surface area contributed by atoms with Gasteiger partial charge in [-0.05, 0) is 23.1 Å². The van der Waals surface area contributed by atoms with Crippen LogP contribution in [0.4, 0.5) is 74.6 Å². The summed E-state index contributed by atoms with van der Waals surface area (Å²) in [7, 11) is 0. The quantitative estimate of drug-likeness (QED) is 0.0515. The summed E-state index contributed by atoms with van der Waals surface area (Å²) in [6.07, 6.45) is -15.3. The number of rotatable bonds is 25. The van der Waals surface area contributed by atoms with Crippen molar-refractivity contribution in [3.05, 3.63) is 120 Å². The molecule has 0 aliphatic carbocycles. The number of hydrogen-bond acceptors (Lipinski definition) is 7. The van der Waals surface area contributed by atoms with Crippen LogP contribution in [0.15, 0.2) is 103 Å². The molecule has 1 fully saturated rings. The molecule has 7 nitrogen and oxygen atoms in total. The van der Waals surface area contributed by atoms with Crippen molar-refractivity contribution in [3.63, 3.8) is 0 Å². The third-order valence-electron chi connectivity index (χ3n) is 9.88. The van der Waals surface area contributed by atoms with Gasteiger partial charge >= 0.3 is 47.6 Å². The molecule has 0 spiro atoms. The number of hydrogen-bond donors (Lipinski definition) is 1. The molecular weight excluding hydrogens is 939 g/mol. The first-order valence-corrected chi connectivity index (χ1v) is 19.5. The predicted molar refractivity (Wildman–Crippen MR) is 197 cm³/mol. The molecule has 24 heteroatoms. The molecule has 5 atom stereocenters. The van der Waals surface area contributed by atoms with Crippen molar-refractivity contribution in [2.24, 2.45) is 0 Å². The van der Waals surface area contributed by atoms with E-state index in [1.165, 1.54) is 6.08 Å². The predicted octanol–water partition coefficient (Wildman–Crippen LogP) is 10.8. The molecule has 370 valence electrons. The highest BCUT2D eigenvalue weighted by Gasteiger charge is 2.95. The Morgan fingerprint density at radius 1 is 0.485 bits per heavy atom. The Hall–Kier alpha value is -4.07. The fourth-order valence-corrected chi connectivity index (χ4v) is 6.15. The van der Waals surface area contributed by atoms with Crippen LogP contribution in [0.2, 0.25) is 0 Å². The van der Waals surface area contributed by atoms with Crippen LogP contribution in [0.1, 0.15) is 29.5 Å². The van der Waals surface area contributed by atoms with E-state index in [9.17, 15) is 79.7 Å². The van der Waals surface area contributed by atoms with Gasteiger partial charge in [-0.2, -0.15) is 74.6 Å². The smallest absolute Gasteiger partial charge is 0.385 e. The molecule has 0 saturated carbocycles. The standard InChI is InChI=1S/C42H41F17O7/c43-35(44,36(45,46)37(47,48)38(49,50)39(51,52)40(53,54)41(55,56)42(57,58)59)19-12-21-61-20-10-11-22-63-34-31(60)33(65-25-29-17-8-3-9-18-29)32(64-24-28-15-6-2-7-16-28)30(66-34)26-62-23-27-13-4-1-5-14-27/h1-11,13-18,30-34,60H,12,19-26H2/b11-10-/t30-,31+,32-,33-,34+/m1/s1. The van der Waals surface area contributed by atoms with Crippen molar-refractivity contribution in [3.8, 4) is 0 Å². The largest absolute Gasteiger partial charge is 0.460 e. The SMILES string of the molecule is O[C@@H]1[C@@H](OC/C=C\COCCCC(F)(F)C(F)(F)C(F)(F)C(F)(F)C(F)(F)C(F)(F)C(F)(F)C(F)(F)F)O[C@H](COCc2ccccc2)[C@@H](OCc2ccccc2)[C@@H]1OCc1ccccc1. The Balaban J connectivity index is 1.36. The van der Waals surface area contributed by atoms with E-state index in [1.54, 1.807) is 42.5 Å². The summed E-state index contributed by atoms with van der Waals surface area (Å²) < 4.78 is 265. The maximum Gasteiger partial charge on any atom is 0.460 e. The van der Waals surface area contributed by atoms with E-state index in [0.29, 0.717) is 0 Å². The second-order valence-electron chi connectivity index (χ2n) is 14.7. The van der Waals surface area contributed by atoms with Gasteiger partial charge in [0.15, 0.2) is 6.29 Å². The van der Waals surface area contributed by atoms with Gasteiger partial charge in [-0.25, -0.2) is 0 Å². The Morgan fingerprint density at radius 2 is 0.909 bits per heavy atom. The van der Waals surface area contributed by atoms with Gasteiger partial charge in [-0.15, -0.1) is 0 Å². The third-order valence-corrected chi connectivity index (χ3v) is 9.88. The third kappa shape index (κ3) is 12.0. The van der Waals surface area contributed by atoms with Crippen LogP contribution >= 0.6 is 0 Å². The van der Waals surface area contributed by atoms with Crippen LogP contribution in [0.25, 0.3) is 0 Å². The molecule has 0 aromatic heterocycles. The Labute approximate surface area is 365 Å². The zero-order chi connectivity index (χ0) is 49.2. The van der Waals surface area contributed by atoms with Crippen LogP contribution in [0.5, 0.6) is 0 Å². The summed E-state index contributed by atoms with van der Waals surface area (Å²) in [4.78, 5) is 0. The van der Waals surface area contributed by atoms with Gasteiger partial charge in [0.2, 0.25) is 0 Å². The molecule has 0 amide bonds.